The number of hydrogen-bond donors (Lipinski definition) is 1. The summed E-state index contributed by atoms with van der Waals surface area (Å²) in [6.45, 7) is 2.28. The maximum atomic E-state index is 6.48. The summed E-state index contributed by atoms with van der Waals surface area (Å²) in [5, 5.41) is 0. The lowest BCUT2D eigenvalue weighted by atomic mass is 9.47. The average Bonchev–Trinajstić information content (AvgIpc) is 2.15. The smallest absolute Gasteiger partial charge is 0.00957 e. The number of nitrogens with two attached hydrogens (primary N) is 1. The second-order valence-corrected chi connectivity index (χ2v) is 6.68. The fourth-order valence-corrected chi connectivity index (χ4v) is 5.25. The summed E-state index contributed by atoms with van der Waals surface area (Å²) in [7, 11) is 0. The Hall–Kier alpha value is -0.0400. The van der Waals surface area contributed by atoms with Gasteiger partial charge in [-0.2, -0.15) is 0 Å². The van der Waals surface area contributed by atoms with E-state index in [1.54, 1.807) is 0 Å². The molecule has 1 atom stereocenters. The molecule has 0 amide bonds. The van der Waals surface area contributed by atoms with Crippen LogP contribution >= 0.6 is 0 Å². The third-order valence-corrected chi connectivity index (χ3v) is 5.47. The maximum Gasteiger partial charge on any atom is 0.00957 e. The summed E-state index contributed by atoms with van der Waals surface area (Å²) in [6.07, 6.45) is 11.6. The van der Waals surface area contributed by atoms with Crippen molar-refractivity contribution in [2.45, 2.75) is 64.3 Å². The molecular weight excluding hydrogens is 182 g/mol. The van der Waals surface area contributed by atoms with Gasteiger partial charge in [0.15, 0.2) is 0 Å². The molecule has 15 heavy (non-hydrogen) atoms. The molecule has 2 N–H and O–H groups in total. The normalized spacial score (nSPS) is 49.6. The summed E-state index contributed by atoms with van der Waals surface area (Å²) in [4.78, 5) is 0. The van der Waals surface area contributed by atoms with E-state index in [1.807, 2.05) is 0 Å². The zero-order valence-corrected chi connectivity index (χ0v) is 10.0. The summed E-state index contributed by atoms with van der Waals surface area (Å²) in [5.41, 5.74) is 7.07. The highest BCUT2D eigenvalue weighted by Gasteiger charge is 2.52. The summed E-state index contributed by atoms with van der Waals surface area (Å²) in [6, 6.07) is 0.510. The van der Waals surface area contributed by atoms with Crippen LogP contribution in [-0.2, 0) is 0 Å². The molecule has 0 aliphatic heterocycles. The Bertz CT molecular complexity index is 210. The van der Waals surface area contributed by atoms with Crippen LogP contribution in [0, 0.1) is 23.2 Å². The minimum atomic E-state index is 0.510. The standard InChI is InChI=1S/C14H25N/c1-2-3-13(15)14-7-10-4-11(8-14)6-12(5-10)9-14/h10-13H,2-9,15H2,1H3/t10?,11?,12?,13-,14?/m0/s1. The van der Waals surface area contributed by atoms with E-state index >= 15 is 0 Å². The predicted molar refractivity (Wildman–Crippen MR) is 63.5 cm³/mol. The van der Waals surface area contributed by atoms with Crippen LogP contribution in [0.1, 0.15) is 58.3 Å². The van der Waals surface area contributed by atoms with Crippen LogP contribution in [0.5, 0.6) is 0 Å². The Labute approximate surface area is 93.8 Å². The minimum Gasteiger partial charge on any atom is -0.327 e. The van der Waals surface area contributed by atoms with Gasteiger partial charge in [0.2, 0.25) is 0 Å². The van der Waals surface area contributed by atoms with Crippen molar-refractivity contribution in [1.29, 1.82) is 0 Å². The quantitative estimate of drug-likeness (QED) is 0.754. The van der Waals surface area contributed by atoms with Crippen molar-refractivity contribution in [3.63, 3.8) is 0 Å². The van der Waals surface area contributed by atoms with Gasteiger partial charge >= 0.3 is 0 Å². The molecule has 0 aromatic carbocycles. The maximum absolute atomic E-state index is 6.48. The van der Waals surface area contributed by atoms with E-state index in [0.29, 0.717) is 11.5 Å². The fraction of sp³-hybridized carbons (Fsp3) is 1.00. The molecule has 0 radical (unpaired) electrons. The fourth-order valence-electron chi connectivity index (χ4n) is 5.25. The van der Waals surface area contributed by atoms with Crippen LogP contribution in [0.2, 0.25) is 0 Å². The molecule has 4 aliphatic carbocycles. The summed E-state index contributed by atoms with van der Waals surface area (Å²) >= 11 is 0. The molecule has 86 valence electrons. The van der Waals surface area contributed by atoms with Crippen molar-refractivity contribution in [1.82, 2.24) is 0 Å². The Morgan fingerprint density at radius 1 is 1.07 bits per heavy atom. The van der Waals surface area contributed by atoms with Crippen molar-refractivity contribution in [2.24, 2.45) is 28.9 Å². The third kappa shape index (κ3) is 1.54. The topological polar surface area (TPSA) is 26.0 Å². The molecule has 0 aromatic rings. The van der Waals surface area contributed by atoms with Gasteiger partial charge in [-0.05, 0) is 68.1 Å². The predicted octanol–water partition coefficient (Wildman–Crippen LogP) is 3.33. The van der Waals surface area contributed by atoms with Crippen LogP contribution in [-0.4, -0.2) is 6.04 Å². The molecule has 4 rings (SSSR count). The first kappa shape index (κ1) is 10.1. The van der Waals surface area contributed by atoms with Gasteiger partial charge in [0.05, 0.1) is 0 Å². The Morgan fingerprint density at radius 3 is 1.93 bits per heavy atom. The van der Waals surface area contributed by atoms with Gasteiger partial charge in [0.1, 0.15) is 0 Å². The Morgan fingerprint density at radius 2 is 1.53 bits per heavy atom. The van der Waals surface area contributed by atoms with E-state index in [0.717, 1.165) is 17.8 Å². The molecule has 0 unspecified atom stereocenters. The van der Waals surface area contributed by atoms with Gasteiger partial charge in [-0.25, -0.2) is 0 Å². The van der Waals surface area contributed by atoms with Gasteiger partial charge in [-0.15, -0.1) is 0 Å². The second-order valence-electron chi connectivity index (χ2n) is 6.68. The van der Waals surface area contributed by atoms with Crippen molar-refractivity contribution < 1.29 is 0 Å². The van der Waals surface area contributed by atoms with Crippen molar-refractivity contribution in [3.8, 4) is 0 Å². The lowest BCUT2D eigenvalue weighted by Gasteiger charge is -2.59. The molecular formula is C14H25N. The monoisotopic (exact) mass is 207 g/mol. The molecule has 0 aromatic heterocycles. The zero-order chi connectivity index (χ0) is 10.5. The molecule has 4 fully saturated rings. The van der Waals surface area contributed by atoms with Crippen LogP contribution < -0.4 is 5.73 Å². The Kier molecular flexibility index (Phi) is 2.35. The first-order valence-corrected chi connectivity index (χ1v) is 6.97. The van der Waals surface area contributed by atoms with E-state index < -0.39 is 0 Å². The molecule has 1 heteroatoms. The summed E-state index contributed by atoms with van der Waals surface area (Å²) in [5.74, 6) is 3.16. The second kappa shape index (κ2) is 3.48. The van der Waals surface area contributed by atoms with Gasteiger partial charge in [0.25, 0.3) is 0 Å². The molecule has 4 bridgehead atoms. The Balaban J connectivity index is 1.80. The van der Waals surface area contributed by atoms with E-state index in [1.165, 1.54) is 51.4 Å². The number of rotatable bonds is 3. The number of hydrogen-bond acceptors (Lipinski definition) is 1. The van der Waals surface area contributed by atoms with Crippen molar-refractivity contribution in [2.75, 3.05) is 0 Å². The summed E-state index contributed by atoms with van der Waals surface area (Å²) < 4.78 is 0. The lowest BCUT2D eigenvalue weighted by molar-refractivity contribution is -0.0682. The van der Waals surface area contributed by atoms with E-state index in [9.17, 15) is 0 Å². The molecule has 0 heterocycles. The molecule has 0 saturated heterocycles. The van der Waals surface area contributed by atoms with Crippen LogP contribution in [0.4, 0.5) is 0 Å². The van der Waals surface area contributed by atoms with Gasteiger partial charge in [-0.1, -0.05) is 13.3 Å². The highest BCUT2D eigenvalue weighted by molar-refractivity contribution is 5.05. The van der Waals surface area contributed by atoms with Crippen molar-refractivity contribution in [3.05, 3.63) is 0 Å². The molecule has 4 saturated carbocycles. The highest BCUT2D eigenvalue weighted by atomic mass is 14.7. The molecule has 1 nitrogen and oxygen atoms in total. The van der Waals surface area contributed by atoms with Crippen LogP contribution in [0.3, 0.4) is 0 Å². The van der Waals surface area contributed by atoms with E-state index in [4.69, 9.17) is 5.73 Å². The third-order valence-electron chi connectivity index (χ3n) is 5.47. The highest BCUT2D eigenvalue weighted by Crippen LogP contribution is 2.61. The van der Waals surface area contributed by atoms with Gasteiger partial charge in [-0.3, -0.25) is 0 Å². The first-order valence-electron chi connectivity index (χ1n) is 6.97. The van der Waals surface area contributed by atoms with E-state index in [2.05, 4.69) is 6.92 Å². The largest absolute Gasteiger partial charge is 0.327 e. The van der Waals surface area contributed by atoms with Gasteiger partial charge < -0.3 is 5.73 Å². The molecule has 0 spiro atoms. The SMILES string of the molecule is CCC[C@H](N)C12CC3CC(CC(C3)C1)C2. The van der Waals surface area contributed by atoms with Crippen molar-refractivity contribution >= 4 is 0 Å². The van der Waals surface area contributed by atoms with E-state index in [-0.39, 0.29) is 0 Å². The zero-order valence-electron chi connectivity index (χ0n) is 10.0. The van der Waals surface area contributed by atoms with Crippen LogP contribution in [0.15, 0.2) is 0 Å². The molecule has 4 aliphatic rings. The first-order chi connectivity index (χ1) is 7.22. The lowest BCUT2D eigenvalue weighted by Crippen LogP contribution is -2.54. The average molecular weight is 207 g/mol. The minimum absolute atomic E-state index is 0.510. The van der Waals surface area contributed by atoms with Crippen LogP contribution in [0.25, 0.3) is 0 Å². The van der Waals surface area contributed by atoms with Gasteiger partial charge in [0, 0.05) is 6.04 Å².